The van der Waals surface area contributed by atoms with Gasteiger partial charge in [0.2, 0.25) is 10.0 Å². The summed E-state index contributed by atoms with van der Waals surface area (Å²) in [6.07, 6.45) is -2.68. The van der Waals surface area contributed by atoms with Gasteiger partial charge in [-0.3, -0.25) is 4.72 Å². The molecule has 0 bridgehead atoms. The zero-order chi connectivity index (χ0) is 24.4. The zero-order valence-electron chi connectivity index (χ0n) is 17.5. The van der Waals surface area contributed by atoms with Gasteiger partial charge in [-0.25, -0.2) is 16.8 Å². The van der Waals surface area contributed by atoms with E-state index in [4.69, 9.17) is 16.3 Å². The fraction of sp³-hybridized carbons (Fsp3) is 0.400. The number of nitrogens with zero attached hydrogens (tertiary/aromatic N) is 1. The number of hydrogen-bond donors (Lipinski definition) is 1. The van der Waals surface area contributed by atoms with Gasteiger partial charge in [0, 0.05) is 18.1 Å². The molecule has 3 rings (SSSR count). The molecule has 1 aliphatic heterocycles. The SMILES string of the molecule is CCOc1ccc(S(=O)(=O)N2CCCCC2)cc1NS(=O)(=O)c1ccc(Cl)cc1C(F)(F)F. The molecule has 0 amide bonds. The van der Waals surface area contributed by atoms with Gasteiger partial charge in [0.25, 0.3) is 10.0 Å². The van der Waals surface area contributed by atoms with Crippen molar-refractivity contribution in [2.24, 2.45) is 0 Å². The van der Waals surface area contributed by atoms with Crippen molar-refractivity contribution in [1.29, 1.82) is 0 Å². The lowest BCUT2D eigenvalue weighted by molar-refractivity contribution is -0.139. The molecule has 0 saturated carbocycles. The first-order valence-corrected chi connectivity index (χ1v) is 13.3. The largest absolute Gasteiger partial charge is 0.492 e. The van der Waals surface area contributed by atoms with Crippen LogP contribution in [0, 0.1) is 0 Å². The van der Waals surface area contributed by atoms with Crippen LogP contribution >= 0.6 is 11.6 Å². The third-order valence-electron chi connectivity index (χ3n) is 4.98. The number of ether oxygens (including phenoxy) is 1. The molecule has 1 saturated heterocycles. The minimum absolute atomic E-state index is 0.0267. The predicted molar refractivity (Wildman–Crippen MR) is 117 cm³/mol. The highest BCUT2D eigenvalue weighted by Gasteiger charge is 2.38. The van der Waals surface area contributed by atoms with E-state index in [9.17, 15) is 30.0 Å². The molecule has 7 nitrogen and oxygen atoms in total. The van der Waals surface area contributed by atoms with Crippen LogP contribution in [0.4, 0.5) is 18.9 Å². The van der Waals surface area contributed by atoms with Crippen molar-refractivity contribution in [3.05, 3.63) is 47.0 Å². The third kappa shape index (κ3) is 5.73. The fourth-order valence-corrected chi connectivity index (χ4v) is 6.43. The lowest BCUT2D eigenvalue weighted by atomic mass is 10.2. The highest BCUT2D eigenvalue weighted by Crippen LogP contribution is 2.38. The molecule has 0 atom stereocenters. The smallest absolute Gasteiger partial charge is 0.417 e. The Morgan fingerprint density at radius 2 is 1.70 bits per heavy atom. The predicted octanol–water partition coefficient (Wildman–Crippen LogP) is 4.73. The Labute approximate surface area is 195 Å². The monoisotopic (exact) mass is 526 g/mol. The number of alkyl halides is 3. The molecule has 1 aliphatic rings. The van der Waals surface area contributed by atoms with Gasteiger partial charge in [-0.05, 0) is 56.2 Å². The normalized spacial score (nSPS) is 15.9. The molecule has 0 radical (unpaired) electrons. The van der Waals surface area contributed by atoms with Crippen LogP contribution in [0.3, 0.4) is 0 Å². The molecule has 13 heteroatoms. The Kier molecular flexibility index (Phi) is 7.52. The molecule has 182 valence electrons. The van der Waals surface area contributed by atoms with E-state index in [1.807, 2.05) is 0 Å². The summed E-state index contributed by atoms with van der Waals surface area (Å²) in [4.78, 5) is -1.25. The lowest BCUT2D eigenvalue weighted by Crippen LogP contribution is -2.35. The van der Waals surface area contributed by atoms with Gasteiger partial charge in [-0.15, -0.1) is 0 Å². The molecule has 0 spiro atoms. The summed E-state index contributed by atoms with van der Waals surface area (Å²) in [7, 11) is -8.72. The minimum Gasteiger partial charge on any atom is -0.492 e. The summed E-state index contributed by atoms with van der Waals surface area (Å²) in [6, 6.07) is 5.86. The number of anilines is 1. The van der Waals surface area contributed by atoms with E-state index < -0.39 is 36.7 Å². The zero-order valence-corrected chi connectivity index (χ0v) is 19.9. The van der Waals surface area contributed by atoms with Crippen LogP contribution in [0.1, 0.15) is 31.7 Å². The maximum Gasteiger partial charge on any atom is 0.417 e. The molecule has 1 fully saturated rings. The Hall–Kier alpha value is -2.02. The maximum atomic E-state index is 13.5. The number of hydrogen-bond acceptors (Lipinski definition) is 5. The summed E-state index contributed by atoms with van der Waals surface area (Å²) in [5.74, 6) is -0.0267. The number of piperidine rings is 1. The van der Waals surface area contributed by atoms with Crippen LogP contribution in [0.5, 0.6) is 5.75 Å². The molecule has 2 aromatic rings. The minimum atomic E-state index is -4.99. The van der Waals surface area contributed by atoms with Gasteiger partial charge in [0.1, 0.15) is 5.75 Å². The Bertz CT molecular complexity index is 1230. The third-order valence-corrected chi connectivity index (χ3v) is 8.54. The van der Waals surface area contributed by atoms with Crippen molar-refractivity contribution in [1.82, 2.24) is 4.31 Å². The molecule has 0 unspecified atom stereocenters. The van der Waals surface area contributed by atoms with Crippen molar-refractivity contribution in [3.8, 4) is 5.75 Å². The van der Waals surface area contributed by atoms with E-state index in [0.717, 1.165) is 24.6 Å². The number of benzene rings is 2. The summed E-state index contributed by atoms with van der Waals surface area (Å²) in [6.45, 7) is 2.39. The van der Waals surface area contributed by atoms with Crippen LogP contribution in [0.2, 0.25) is 5.02 Å². The quantitative estimate of drug-likeness (QED) is 0.563. The second-order valence-corrected chi connectivity index (χ2v) is 11.3. The number of rotatable bonds is 7. The first-order valence-electron chi connectivity index (χ1n) is 10.0. The highest BCUT2D eigenvalue weighted by molar-refractivity contribution is 7.92. The summed E-state index contributed by atoms with van der Waals surface area (Å²) < 4.78 is 101. The Morgan fingerprint density at radius 3 is 2.30 bits per heavy atom. The van der Waals surface area contributed by atoms with Gasteiger partial charge in [-0.1, -0.05) is 18.0 Å². The summed E-state index contributed by atoms with van der Waals surface area (Å²) in [5.41, 5.74) is -1.74. The standard InChI is InChI=1S/C20H22ClF3N2O5S2/c1-2-31-18-8-7-15(33(29,30)26-10-4-3-5-11-26)13-17(18)25-32(27,28)19-9-6-14(21)12-16(19)20(22,23)24/h6-9,12-13,25H,2-5,10-11H2,1H3. The van der Waals surface area contributed by atoms with Crippen molar-refractivity contribution < 1.29 is 34.7 Å². The molecule has 0 aromatic heterocycles. The van der Waals surface area contributed by atoms with E-state index in [2.05, 4.69) is 4.72 Å². The second-order valence-electron chi connectivity index (χ2n) is 7.30. The molecule has 1 heterocycles. The van der Waals surface area contributed by atoms with E-state index in [-0.39, 0.29) is 28.0 Å². The first kappa shape index (κ1) is 25.6. The van der Waals surface area contributed by atoms with Crippen LogP contribution in [-0.4, -0.2) is 40.8 Å². The average molecular weight is 527 g/mol. The van der Waals surface area contributed by atoms with Crippen molar-refractivity contribution in [3.63, 3.8) is 0 Å². The van der Waals surface area contributed by atoms with E-state index in [0.29, 0.717) is 32.0 Å². The van der Waals surface area contributed by atoms with Crippen LogP contribution in [0.25, 0.3) is 0 Å². The van der Waals surface area contributed by atoms with E-state index in [1.165, 1.54) is 16.4 Å². The number of nitrogens with one attached hydrogen (secondary N) is 1. The topological polar surface area (TPSA) is 92.8 Å². The lowest BCUT2D eigenvalue weighted by Gasteiger charge is -2.26. The van der Waals surface area contributed by atoms with Gasteiger partial charge in [0.05, 0.1) is 27.6 Å². The molecule has 2 aromatic carbocycles. The van der Waals surface area contributed by atoms with Crippen molar-refractivity contribution in [2.75, 3.05) is 24.4 Å². The maximum absolute atomic E-state index is 13.5. The number of halogens is 4. The summed E-state index contributed by atoms with van der Waals surface area (Å²) >= 11 is 5.64. The second kappa shape index (κ2) is 9.69. The van der Waals surface area contributed by atoms with Crippen LogP contribution in [0.15, 0.2) is 46.2 Å². The molecule has 0 aliphatic carbocycles. The highest BCUT2D eigenvalue weighted by atomic mass is 35.5. The molecular weight excluding hydrogens is 505 g/mol. The van der Waals surface area contributed by atoms with E-state index >= 15 is 0 Å². The van der Waals surface area contributed by atoms with Gasteiger partial charge < -0.3 is 4.74 Å². The summed E-state index contributed by atoms with van der Waals surface area (Å²) in [5, 5.41) is -0.286. The fourth-order valence-electron chi connectivity index (χ4n) is 3.44. The van der Waals surface area contributed by atoms with Crippen LogP contribution in [-0.2, 0) is 26.2 Å². The average Bonchev–Trinajstić information content (AvgIpc) is 2.74. The number of sulfonamides is 2. The van der Waals surface area contributed by atoms with Gasteiger partial charge in [0.15, 0.2) is 0 Å². The van der Waals surface area contributed by atoms with Crippen molar-refractivity contribution >= 4 is 37.3 Å². The first-order chi connectivity index (χ1) is 15.4. The van der Waals surface area contributed by atoms with Crippen molar-refractivity contribution in [2.45, 2.75) is 42.2 Å². The van der Waals surface area contributed by atoms with Gasteiger partial charge >= 0.3 is 6.18 Å². The van der Waals surface area contributed by atoms with E-state index in [1.54, 1.807) is 6.92 Å². The Balaban J connectivity index is 2.06. The molecular formula is C20H22ClF3N2O5S2. The Morgan fingerprint density at radius 1 is 1.03 bits per heavy atom. The molecule has 33 heavy (non-hydrogen) atoms. The molecule has 1 N–H and O–H groups in total. The van der Waals surface area contributed by atoms with Gasteiger partial charge in [-0.2, -0.15) is 17.5 Å². The van der Waals surface area contributed by atoms with Crippen LogP contribution < -0.4 is 9.46 Å².